The molecule has 5 nitrogen and oxygen atoms in total. The Morgan fingerprint density at radius 3 is 2.70 bits per heavy atom. The maximum absolute atomic E-state index is 12.6. The summed E-state index contributed by atoms with van der Waals surface area (Å²) in [6.45, 7) is 0. The Balaban J connectivity index is 2.36. The Kier molecular flexibility index (Phi) is 3.64. The zero-order chi connectivity index (χ0) is 14.8. The second-order valence-electron chi connectivity index (χ2n) is 3.70. The lowest BCUT2D eigenvalue weighted by atomic mass is 10.2. The number of halogens is 3. The Morgan fingerprint density at radius 1 is 1.30 bits per heavy atom. The van der Waals surface area contributed by atoms with E-state index < -0.39 is 17.3 Å². The van der Waals surface area contributed by atoms with Crippen molar-refractivity contribution >= 4 is 0 Å². The molecule has 0 aliphatic heterocycles. The molecule has 0 atom stereocenters. The first-order chi connectivity index (χ1) is 9.41. The van der Waals surface area contributed by atoms with Crippen molar-refractivity contribution in [2.75, 3.05) is 7.11 Å². The first-order valence-corrected chi connectivity index (χ1v) is 5.38. The molecular weight excluding hydrogens is 277 g/mol. The summed E-state index contributed by atoms with van der Waals surface area (Å²) >= 11 is 0. The molecule has 1 aromatic heterocycles. The lowest BCUT2D eigenvalue weighted by Crippen LogP contribution is -2.11. The summed E-state index contributed by atoms with van der Waals surface area (Å²) in [7, 11) is 1.23. The van der Waals surface area contributed by atoms with E-state index in [4.69, 9.17) is 9.47 Å². The number of nitrogens with one attached hydrogen (secondary N) is 1. The van der Waals surface area contributed by atoms with Crippen molar-refractivity contribution in [1.29, 1.82) is 0 Å². The molecule has 0 aliphatic rings. The van der Waals surface area contributed by atoms with Gasteiger partial charge in [0.25, 0.3) is 11.4 Å². The van der Waals surface area contributed by atoms with E-state index in [1.807, 2.05) is 0 Å². The molecule has 2 rings (SSSR count). The lowest BCUT2D eigenvalue weighted by Gasteiger charge is -2.10. The van der Waals surface area contributed by atoms with Gasteiger partial charge in [-0.2, -0.15) is 13.2 Å². The molecule has 0 saturated carbocycles. The molecule has 0 amide bonds. The summed E-state index contributed by atoms with van der Waals surface area (Å²) < 4.78 is 47.6. The minimum atomic E-state index is -4.48. The standard InChI is InChI=1S/C12H9F3N2O3/c1-19-9-10(18)16-6-17-11(9)20-8-4-2-3-7(5-8)12(13,14)15/h2-6H,1H3,(H,16,17,18). The average Bonchev–Trinajstić information content (AvgIpc) is 2.38. The van der Waals surface area contributed by atoms with Crippen LogP contribution in [0.5, 0.6) is 17.4 Å². The van der Waals surface area contributed by atoms with E-state index in [0.717, 1.165) is 18.5 Å². The van der Waals surface area contributed by atoms with Gasteiger partial charge in [0.2, 0.25) is 5.75 Å². The molecule has 0 saturated heterocycles. The van der Waals surface area contributed by atoms with Crippen LogP contribution in [0.3, 0.4) is 0 Å². The Bertz CT molecular complexity index is 667. The van der Waals surface area contributed by atoms with Crippen molar-refractivity contribution in [2.24, 2.45) is 0 Å². The molecule has 8 heteroatoms. The quantitative estimate of drug-likeness (QED) is 0.942. The maximum Gasteiger partial charge on any atom is 0.416 e. The van der Waals surface area contributed by atoms with E-state index >= 15 is 0 Å². The van der Waals surface area contributed by atoms with Gasteiger partial charge in [-0.25, -0.2) is 4.98 Å². The fourth-order valence-electron chi connectivity index (χ4n) is 1.47. The van der Waals surface area contributed by atoms with E-state index in [2.05, 4.69) is 9.97 Å². The predicted octanol–water partition coefficient (Wildman–Crippen LogP) is 2.59. The molecule has 106 valence electrons. The maximum atomic E-state index is 12.6. The second kappa shape index (κ2) is 5.24. The molecule has 0 unspecified atom stereocenters. The van der Waals surface area contributed by atoms with Crippen LogP contribution in [0.1, 0.15) is 5.56 Å². The third-order valence-corrected chi connectivity index (χ3v) is 2.36. The van der Waals surface area contributed by atoms with Gasteiger partial charge in [0, 0.05) is 0 Å². The topological polar surface area (TPSA) is 64.2 Å². The molecule has 20 heavy (non-hydrogen) atoms. The van der Waals surface area contributed by atoms with Gasteiger partial charge in [0.15, 0.2) is 0 Å². The van der Waals surface area contributed by atoms with Gasteiger partial charge < -0.3 is 14.5 Å². The van der Waals surface area contributed by atoms with Crippen LogP contribution in [-0.4, -0.2) is 17.1 Å². The van der Waals surface area contributed by atoms with E-state index in [0.29, 0.717) is 0 Å². The van der Waals surface area contributed by atoms with Crippen LogP contribution >= 0.6 is 0 Å². The summed E-state index contributed by atoms with van der Waals surface area (Å²) in [5.74, 6) is -0.531. The minimum absolute atomic E-state index is 0.101. The zero-order valence-electron chi connectivity index (χ0n) is 10.2. The van der Waals surface area contributed by atoms with E-state index in [1.54, 1.807) is 0 Å². The van der Waals surface area contributed by atoms with Crippen LogP contribution in [-0.2, 0) is 6.18 Å². The molecule has 0 fully saturated rings. The van der Waals surface area contributed by atoms with Gasteiger partial charge >= 0.3 is 6.18 Å². The molecule has 1 aromatic carbocycles. The van der Waals surface area contributed by atoms with Gasteiger partial charge in [-0.3, -0.25) is 4.79 Å². The highest BCUT2D eigenvalue weighted by Crippen LogP contribution is 2.33. The average molecular weight is 286 g/mol. The van der Waals surface area contributed by atoms with E-state index in [-0.39, 0.29) is 17.4 Å². The SMILES string of the molecule is COc1c(Oc2cccc(C(F)(F)F)c2)nc[nH]c1=O. The molecule has 0 radical (unpaired) electrons. The number of aromatic amines is 1. The molecule has 1 N–H and O–H groups in total. The molecule has 1 heterocycles. The smallest absolute Gasteiger partial charge is 0.416 e. The predicted molar refractivity (Wildman–Crippen MR) is 62.9 cm³/mol. The Labute approximate surface area is 111 Å². The summed E-state index contributed by atoms with van der Waals surface area (Å²) in [5, 5.41) is 0. The number of nitrogens with zero attached hydrogens (tertiary/aromatic N) is 1. The third-order valence-electron chi connectivity index (χ3n) is 2.36. The number of methoxy groups -OCH3 is 1. The van der Waals surface area contributed by atoms with Crippen molar-refractivity contribution in [3.63, 3.8) is 0 Å². The van der Waals surface area contributed by atoms with E-state index in [9.17, 15) is 18.0 Å². The molecule has 0 spiro atoms. The van der Waals surface area contributed by atoms with Gasteiger partial charge in [-0.05, 0) is 18.2 Å². The number of hydrogen-bond acceptors (Lipinski definition) is 4. The van der Waals surface area contributed by atoms with Crippen LogP contribution < -0.4 is 15.0 Å². The van der Waals surface area contributed by atoms with Crippen molar-refractivity contribution in [1.82, 2.24) is 9.97 Å². The Hall–Kier alpha value is -2.51. The normalized spacial score (nSPS) is 11.2. The fourth-order valence-corrected chi connectivity index (χ4v) is 1.47. The summed E-state index contributed by atoms with van der Waals surface area (Å²) in [6, 6.07) is 4.23. The third kappa shape index (κ3) is 2.90. The monoisotopic (exact) mass is 286 g/mol. The number of benzene rings is 1. The molecular formula is C12H9F3N2O3. The first-order valence-electron chi connectivity index (χ1n) is 5.38. The second-order valence-corrected chi connectivity index (χ2v) is 3.70. The van der Waals surface area contributed by atoms with E-state index in [1.165, 1.54) is 19.2 Å². The number of alkyl halides is 3. The van der Waals surface area contributed by atoms with Crippen molar-refractivity contribution < 1.29 is 22.6 Å². The Morgan fingerprint density at radius 2 is 2.05 bits per heavy atom. The van der Waals surface area contributed by atoms with Crippen molar-refractivity contribution in [3.8, 4) is 17.4 Å². The largest absolute Gasteiger partial charge is 0.487 e. The lowest BCUT2D eigenvalue weighted by molar-refractivity contribution is -0.137. The summed E-state index contributed by atoms with van der Waals surface area (Å²) in [4.78, 5) is 17.4. The zero-order valence-corrected chi connectivity index (χ0v) is 10.2. The molecule has 0 aliphatic carbocycles. The van der Waals surface area contributed by atoms with Gasteiger partial charge in [0.1, 0.15) is 5.75 Å². The number of ether oxygens (including phenoxy) is 2. The number of rotatable bonds is 3. The van der Waals surface area contributed by atoms with Crippen LogP contribution in [0.2, 0.25) is 0 Å². The van der Waals surface area contributed by atoms with Crippen LogP contribution in [0.4, 0.5) is 13.2 Å². The van der Waals surface area contributed by atoms with Crippen LogP contribution in [0.15, 0.2) is 35.4 Å². The minimum Gasteiger partial charge on any atom is -0.487 e. The number of hydrogen-bond donors (Lipinski definition) is 1. The van der Waals surface area contributed by atoms with Crippen LogP contribution in [0.25, 0.3) is 0 Å². The molecule has 2 aromatic rings. The summed E-state index contributed by atoms with van der Waals surface area (Å²) in [6.07, 6.45) is -3.42. The van der Waals surface area contributed by atoms with Gasteiger partial charge in [0.05, 0.1) is 19.0 Å². The highest BCUT2D eigenvalue weighted by Gasteiger charge is 2.30. The fraction of sp³-hybridized carbons (Fsp3) is 0.167. The van der Waals surface area contributed by atoms with Gasteiger partial charge in [-0.15, -0.1) is 0 Å². The number of H-pyrrole nitrogens is 1. The number of aromatic nitrogens is 2. The molecule has 0 bridgehead atoms. The highest BCUT2D eigenvalue weighted by molar-refractivity contribution is 5.37. The first kappa shape index (κ1) is 13.9. The highest BCUT2D eigenvalue weighted by atomic mass is 19.4. The van der Waals surface area contributed by atoms with Crippen molar-refractivity contribution in [2.45, 2.75) is 6.18 Å². The van der Waals surface area contributed by atoms with Crippen LogP contribution in [0, 0.1) is 0 Å². The van der Waals surface area contributed by atoms with Crippen molar-refractivity contribution in [3.05, 3.63) is 46.5 Å². The van der Waals surface area contributed by atoms with Gasteiger partial charge in [-0.1, -0.05) is 6.07 Å². The summed E-state index contributed by atoms with van der Waals surface area (Å²) in [5.41, 5.74) is -1.46.